The number of ether oxygens (including phenoxy) is 1. The Hall–Kier alpha value is -3.98. The summed E-state index contributed by atoms with van der Waals surface area (Å²) >= 11 is 0. The quantitative estimate of drug-likeness (QED) is 0.306. The lowest BCUT2D eigenvalue weighted by Gasteiger charge is -2.21. The van der Waals surface area contributed by atoms with Gasteiger partial charge in [0.05, 0.1) is 29.8 Å². The van der Waals surface area contributed by atoms with Gasteiger partial charge in [-0.2, -0.15) is 5.10 Å². The van der Waals surface area contributed by atoms with Crippen LogP contribution in [0.3, 0.4) is 0 Å². The maximum atomic E-state index is 14.2. The summed E-state index contributed by atoms with van der Waals surface area (Å²) in [5.74, 6) is -3.91. The summed E-state index contributed by atoms with van der Waals surface area (Å²) in [5, 5.41) is 16.0. The molecular weight excluding hydrogens is 548 g/mol. The molecule has 4 rings (SSSR count). The van der Waals surface area contributed by atoms with Crippen LogP contribution in [0.2, 0.25) is 0 Å². The third-order valence-corrected chi connectivity index (χ3v) is 8.60. The minimum absolute atomic E-state index is 0.0688. The van der Waals surface area contributed by atoms with Crippen LogP contribution in [0.25, 0.3) is 17.0 Å². The first-order chi connectivity index (χ1) is 18.7. The van der Waals surface area contributed by atoms with Gasteiger partial charge in [-0.25, -0.2) is 32.2 Å². The zero-order valence-corrected chi connectivity index (χ0v) is 23.3. The van der Waals surface area contributed by atoms with Gasteiger partial charge >= 0.3 is 0 Å². The van der Waals surface area contributed by atoms with E-state index in [1.807, 2.05) is 0 Å². The monoisotopic (exact) mass is 577 g/mol. The van der Waals surface area contributed by atoms with Crippen molar-refractivity contribution in [1.29, 1.82) is 0 Å². The molecule has 1 amide bonds. The molecule has 1 atom stereocenters. The van der Waals surface area contributed by atoms with Crippen LogP contribution in [0.4, 0.5) is 8.78 Å². The molecule has 0 unspecified atom stereocenters. The number of aromatic nitrogens is 6. The third kappa shape index (κ3) is 5.51. The number of alkyl halides is 2. The number of imidazole rings is 1. The van der Waals surface area contributed by atoms with Crippen molar-refractivity contribution in [3.8, 4) is 17.1 Å². The number of carbonyl (C=O) groups is 1. The van der Waals surface area contributed by atoms with Crippen molar-refractivity contribution < 1.29 is 31.8 Å². The molecule has 0 aliphatic rings. The molecule has 2 N–H and O–H groups in total. The highest BCUT2D eigenvalue weighted by molar-refractivity contribution is 7.92. The van der Waals surface area contributed by atoms with Crippen LogP contribution in [0.15, 0.2) is 47.9 Å². The molecule has 0 aromatic carbocycles. The number of nitrogens with zero attached hydrogens (tertiary/aromatic N) is 6. The van der Waals surface area contributed by atoms with Crippen molar-refractivity contribution >= 4 is 21.4 Å². The molecule has 0 spiro atoms. The maximum absolute atomic E-state index is 14.2. The summed E-state index contributed by atoms with van der Waals surface area (Å²) in [6.45, 7) is 3.74. The number of rotatable bonds is 9. The van der Waals surface area contributed by atoms with Crippen LogP contribution in [0.1, 0.15) is 50.0 Å². The van der Waals surface area contributed by atoms with Crippen LogP contribution in [0.5, 0.6) is 5.75 Å². The predicted molar refractivity (Wildman–Crippen MR) is 140 cm³/mol. The number of fused-ring (bicyclic) bond motifs is 1. The van der Waals surface area contributed by atoms with Crippen molar-refractivity contribution in [2.24, 2.45) is 0 Å². The van der Waals surface area contributed by atoms with Crippen molar-refractivity contribution in [2.75, 3.05) is 13.7 Å². The largest absolute Gasteiger partial charge is 0.495 e. The number of amides is 1. The van der Waals surface area contributed by atoms with Crippen LogP contribution in [-0.2, 0) is 16.4 Å². The first-order valence-corrected chi connectivity index (χ1v) is 13.6. The minimum Gasteiger partial charge on any atom is -0.495 e. The predicted octanol–water partition coefficient (Wildman–Crippen LogP) is 2.69. The van der Waals surface area contributed by atoms with E-state index in [2.05, 4.69) is 25.4 Å². The van der Waals surface area contributed by atoms with E-state index in [-0.39, 0.29) is 27.7 Å². The molecule has 0 saturated carbocycles. The Balaban J connectivity index is 1.83. The van der Waals surface area contributed by atoms with Crippen molar-refractivity contribution in [1.82, 2.24) is 34.4 Å². The Morgan fingerprint density at radius 1 is 1.18 bits per heavy atom. The molecule has 214 valence electrons. The van der Waals surface area contributed by atoms with E-state index in [4.69, 9.17) is 9.84 Å². The highest BCUT2D eigenvalue weighted by Gasteiger charge is 2.35. The fraction of sp³-hybridized carbons (Fsp3) is 0.400. The minimum atomic E-state index is -3.87. The second kappa shape index (κ2) is 10.5. The normalized spacial score (nSPS) is 13.4. The number of aliphatic hydroxyl groups is 1. The van der Waals surface area contributed by atoms with E-state index in [1.165, 1.54) is 48.4 Å². The highest BCUT2D eigenvalue weighted by atomic mass is 32.2. The molecule has 0 aliphatic heterocycles. The van der Waals surface area contributed by atoms with E-state index < -0.39 is 45.6 Å². The zero-order valence-electron chi connectivity index (χ0n) is 22.5. The molecule has 15 heteroatoms. The number of carbonyl (C=O) groups excluding carboxylic acids is 1. The number of nitrogens with one attached hydrogen (secondary N) is 1. The summed E-state index contributed by atoms with van der Waals surface area (Å²) in [4.78, 5) is 25.6. The van der Waals surface area contributed by atoms with Crippen LogP contribution < -0.4 is 10.1 Å². The second-order valence-corrected chi connectivity index (χ2v) is 12.8. The summed E-state index contributed by atoms with van der Waals surface area (Å²) < 4.78 is 61.4. The van der Waals surface area contributed by atoms with Gasteiger partial charge in [0.15, 0.2) is 9.84 Å². The average Bonchev–Trinajstić information content (AvgIpc) is 3.51. The Bertz CT molecular complexity index is 1650. The first-order valence-electron chi connectivity index (χ1n) is 12.1. The van der Waals surface area contributed by atoms with E-state index in [9.17, 15) is 22.0 Å². The summed E-state index contributed by atoms with van der Waals surface area (Å²) in [6.07, 6.45) is 5.71. The molecule has 0 aliphatic carbocycles. The van der Waals surface area contributed by atoms with Crippen molar-refractivity contribution in [3.63, 3.8) is 0 Å². The van der Waals surface area contributed by atoms with Gasteiger partial charge < -0.3 is 15.2 Å². The third-order valence-electron chi connectivity index (χ3n) is 6.10. The van der Waals surface area contributed by atoms with E-state index in [0.717, 1.165) is 4.68 Å². The molecule has 0 radical (unpaired) electrons. The van der Waals surface area contributed by atoms with Gasteiger partial charge in [-0.3, -0.25) is 13.9 Å². The van der Waals surface area contributed by atoms with Gasteiger partial charge in [-0.1, -0.05) is 0 Å². The number of methoxy groups -OCH3 is 1. The van der Waals surface area contributed by atoms with Gasteiger partial charge in [0, 0.05) is 24.7 Å². The number of hydrogen-bond acceptors (Lipinski definition) is 9. The molecule has 4 aromatic rings. The molecule has 0 fully saturated rings. The van der Waals surface area contributed by atoms with E-state index in [0.29, 0.717) is 11.5 Å². The molecule has 0 bridgehead atoms. The fourth-order valence-electron chi connectivity index (χ4n) is 3.85. The molecule has 4 heterocycles. The smallest absolute Gasteiger partial charge is 0.289 e. The number of hydrogen-bond donors (Lipinski definition) is 2. The van der Waals surface area contributed by atoms with Crippen molar-refractivity contribution in [3.05, 3.63) is 54.5 Å². The number of aliphatic hydroxyl groups excluding tert-OH is 1. The standard InChI is InChI=1S/C25H29F2N7O5S/c1-15(22-28-7-6-8-29-22)31-23(36)17-9-16(32-34(17)13-25(26,27)14-35)18-11-30-21-10-19(39-5)20(12-33(18)21)40(37,38)24(2,3)4/h6-12,15,35H,13-14H2,1-5H3,(H,31,36)/t15-/m1/s1. The Morgan fingerprint density at radius 2 is 1.85 bits per heavy atom. The summed E-state index contributed by atoms with van der Waals surface area (Å²) in [7, 11) is -2.53. The first kappa shape index (κ1) is 29.0. The van der Waals surface area contributed by atoms with Gasteiger partial charge in [0.2, 0.25) is 0 Å². The summed E-state index contributed by atoms with van der Waals surface area (Å²) in [6, 6.07) is 3.67. The lowest BCUT2D eigenvalue weighted by Crippen LogP contribution is -2.34. The van der Waals surface area contributed by atoms with Crippen molar-refractivity contribution in [2.45, 2.75) is 55.8 Å². The fourth-order valence-corrected chi connectivity index (χ4v) is 5.16. The van der Waals surface area contributed by atoms with Crippen LogP contribution >= 0.6 is 0 Å². The van der Waals surface area contributed by atoms with Crippen LogP contribution in [-0.4, -0.2) is 73.0 Å². The molecule has 0 saturated heterocycles. The molecule has 12 nitrogen and oxygen atoms in total. The lowest BCUT2D eigenvalue weighted by atomic mass is 10.2. The van der Waals surface area contributed by atoms with Crippen LogP contribution in [0, 0.1) is 0 Å². The van der Waals surface area contributed by atoms with Gasteiger partial charge in [0.25, 0.3) is 11.8 Å². The Labute approximate surface area is 229 Å². The Kier molecular flexibility index (Phi) is 7.64. The van der Waals surface area contributed by atoms with Gasteiger partial charge in [-0.15, -0.1) is 0 Å². The number of halogens is 2. The Morgan fingerprint density at radius 3 is 2.45 bits per heavy atom. The summed E-state index contributed by atoms with van der Waals surface area (Å²) in [5.41, 5.74) is 0.384. The topological polar surface area (TPSA) is 154 Å². The zero-order chi connectivity index (χ0) is 29.5. The second-order valence-electron chi connectivity index (χ2n) is 10.1. The molecule has 40 heavy (non-hydrogen) atoms. The molecular formula is C25H29F2N7O5S. The number of pyridine rings is 1. The lowest BCUT2D eigenvalue weighted by molar-refractivity contribution is -0.0654. The average molecular weight is 578 g/mol. The van der Waals surface area contributed by atoms with Gasteiger partial charge in [-0.05, 0) is 39.8 Å². The number of sulfone groups is 1. The molecule has 4 aromatic heterocycles. The maximum Gasteiger partial charge on any atom is 0.289 e. The SMILES string of the molecule is COc1cc2ncc(-c3cc(C(=O)N[C@H](C)c4ncccn4)n(CC(F)(F)CO)n3)n2cc1S(=O)(=O)C(C)(C)C. The van der Waals surface area contributed by atoms with E-state index >= 15 is 0 Å². The van der Waals surface area contributed by atoms with E-state index in [1.54, 1.807) is 33.8 Å². The highest BCUT2D eigenvalue weighted by Crippen LogP contribution is 2.34. The van der Waals surface area contributed by atoms with Gasteiger partial charge in [0.1, 0.15) is 46.7 Å².